The molecule has 104 valence electrons. The van der Waals surface area contributed by atoms with Crippen LogP contribution >= 0.6 is 0 Å². The third-order valence-corrected chi connectivity index (χ3v) is 2.96. The fourth-order valence-electron chi connectivity index (χ4n) is 1.75. The molecule has 0 fully saturated rings. The van der Waals surface area contributed by atoms with Gasteiger partial charge in [-0.25, -0.2) is 0 Å². The Bertz CT molecular complexity index is 626. The summed E-state index contributed by atoms with van der Waals surface area (Å²) in [5, 5.41) is 12.6. The number of hydrogen-bond acceptors (Lipinski definition) is 3. The molecule has 3 N–H and O–H groups in total. The summed E-state index contributed by atoms with van der Waals surface area (Å²) in [4.78, 5) is 25.1. The minimum atomic E-state index is -0.762. The van der Waals surface area contributed by atoms with Gasteiger partial charge >= 0.3 is 0 Å². The van der Waals surface area contributed by atoms with Crippen molar-refractivity contribution in [1.82, 2.24) is 10.3 Å². The first-order valence-corrected chi connectivity index (χ1v) is 6.28. The summed E-state index contributed by atoms with van der Waals surface area (Å²) >= 11 is 0. The minimum Gasteiger partial charge on any atom is -0.387 e. The topological polar surface area (TPSA) is 82.2 Å². The smallest absolute Gasteiger partial charge is 0.252 e. The molecule has 1 amide bonds. The number of benzene rings is 1. The molecule has 1 aromatic carbocycles. The number of aliphatic hydroxyl groups excluding tert-OH is 1. The first-order chi connectivity index (χ1) is 9.56. The number of amides is 1. The number of pyridine rings is 1. The van der Waals surface area contributed by atoms with Crippen molar-refractivity contribution in [3.63, 3.8) is 0 Å². The van der Waals surface area contributed by atoms with Crippen molar-refractivity contribution in [3.8, 4) is 0 Å². The third kappa shape index (κ3) is 3.55. The summed E-state index contributed by atoms with van der Waals surface area (Å²) < 4.78 is 0. The number of nitrogens with one attached hydrogen (secondary N) is 2. The van der Waals surface area contributed by atoms with Gasteiger partial charge in [0, 0.05) is 18.8 Å². The van der Waals surface area contributed by atoms with Crippen LogP contribution in [0.15, 0.2) is 47.4 Å². The lowest BCUT2D eigenvalue weighted by Crippen LogP contribution is -2.28. The summed E-state index contributed by atoms with van der Waals surface area (Å²) in [6, 6.07) is 10.2. The summed E-state index contributed by atoms with van der Waals surface area (Å²) in [5.41, 5.74) is 1.94. The molecule has 0 spiro atoms. The maximum absolute atomic E-state index is 11.8. The number of aliphatic hydroxyl groups is 1. The van der Waals surface area contributed by atoms with Gasteiger partial charge in [-0.1, -0.05) is 29.8 Å². The van der Waals surface area contributed by atoms with Crippen LogP contribution in [0.5, 0.6) is 0 Å². The van der Waals surface area contributed by atoms with E-state index in [4.69, 9.17) is 0 Å². The van der Waals surface area contributed by atoms with Crippen LogP contribution < -0.4 is 10.9 Å². The molecular formula is C15H16N2O3. The van der Waals surface area contributed by atoms with Crippen LogP contribution in [0.25, 0.3) is 0 Å². The van der Waals surface area contributed by atoms with E-state index in [9.17, 15) is 14.7 Å². The van der Waals surface area contributed by atoms with E-state index in [0.29, 0.717) is 5.56 Å². The molecule has 20 heavy (non-hydrogen) atoms. The summed E-state index contributed by atoms with van der Waals surface area (Å²) in [5.74, 6) is -0.340. The maximum Gasteiger partial charge on any atom is 0.252 e. The van der Waals surface area contributed by atoms with E-state index < -0.39 is 6.10 Å². The number of rotatable bonds is 4. The van der Waals surface area contributed by atoms with Crippen LogP contribution in [-0.4, -0.2) is 22.5 Å². The molecule has 0 saturated carbocycles. The van der Waals surface area contributed by atoms with Crippen molar-refractivity contribution in [3.05, 3.63) is 69.6 Å². The Morgan fingerprint density at radius 3 is 2.55 bits per heavy atom. The van der Waals surface area contributed by atoms with Gasteiger partial charge in [-0.3, -0.25) is 9.59 Å². The van der Waals surface area contributed by atoms with Gasteiger partial charge in [-0.15, -0.1) is 0 Å². The van der Waals surface area contributed by atoms with E-state index in [2.05, 4.69) is 10.3 Å². The lowest BCUT2D eigenvalue weighted by molar-refractivity contribution is 0.0916. The minimum absolute atomic E-state index is 0.112. The molecule has 1 aromatic heterocycles. The van der Waals surface area contributed by atoms with Crippen LogP contribution in [0.3, 0.4) is 0 Å². The van der Waals surface area contributed by atoms with Crippen LogP contribution in [-0.2, 0) is 0 Å². The summed E-state index contributed by atoms with van der Waals surface area (Å²) in [6.45, 7) is 2.08. The molecule has 2 aromatic rings. The second-order valence-electron chi connectivity index (χ2n) is 4.58. The van der Waals surface area contributed by atoms with Crippen molar-refractivity contribution >= 4 is 5.91 Å². The highest BCUT2D eigenvalue weighted by Crippen LogP contribution is 2.12. The highest BCUT2D eigenvalue weighted by Gasteiger charge is 2.10. The van der Waals surface area contributed by atoms with Gasteiger partial charge in [0.1, 0.15) is 0 Å². The molecule has 0 aliphatic heterocycles. The SMILES string of the molecule is Cc1ccc([C@H](O)CNC(=O)c2ccc(=O)[nH]c2)cc1. The third-order valence-electron chi connectivity index (χ3n) is 2.96. The predicted molar refractivity (Wildman–Crippen MR) is 75.5 cm³/mol. The van der Waals surface area contributed by atoms with Gasteiger partial charge in [0.25, 0.3) is 5.91 Å². The van der Waals surface area contributed by atoms with Gasteiger partial charge in [0.2, 0.25) is 5.56 Å². The van der Waals surface area contributed by atoms with Crippen LogP contribution in [0.1, 0.15) is 27.6 Å². The molecule has 1 heterocycles. The predicted octanol–water partition coefficient (Wildman–Crippen LogP) is 1.15. The highest BCUT2D eigenvalue weighted by molar-refractivity contribution is 5.93. The fourth-order valence-corrected chi connectivity index (χ4v) is 1.75. The van der Waals surface area contributed by atoms with E-state index in [1.165, 1.54) is 18.3 Å². The molecule has 1 atom stereocenters. The lowest BCUT2D eigenvalue weighted by Gasteiger charge is -2.12. The highest BCUT2D eigenvalue weighted by atomic mass is 16.3. The molecule has 0 unspecified atom stereocenters. The van der Waals surface area contributed by atoms with Gasteiger partial charge in [-0.05, 0) is 18.6 Å². The van der Waals surface area contributed by atoms with E-state index in [0.717, 1.165) is 11.1 Å². The number of hydrogen-bond donors (Lipinski definition) is 3. The van der Waals surface area contributed by atoms with Crippen molar-refractivity contribution in [2.24, 2.45) is 0 Å². The fraction of sp³-hybridized carbons (Fsp3) is 0.200. The zero-order chi connectivity index (χ0) is 14.5. The maximum atomic E-state index is 11.8. The van der Waals surface area contributed by atoms with Gasteiger partial charge in [-0.2, -0.15) is 0 Å². The standard InChI is InChI=1S/C15H16N2O3/c1-10-2-4-11(5-3-10)13(18)9-17-15(20)12-6-7-14(19)16-8-12/h2-8,13,18H,9H2,1H3,(H,16,19)(H,17,20)/t13-/m1/s1. The van der Waals surface area contributed by atoms with E-state index in [1.807, 2.05) is 31.2 Å². The Labute approximate surface area is 116 Å². The summed E-state index contributed by atoms with van der Waals surface area (Å²) in [7, 11) is 0. The average molecular weight is 272 g/mol. The second kappa shape index (κ2) is 6.16. The largest absolute Gasteiger partial charge is 0.387 e. The van der Waals surface area contributed by atoms with Crippen molar-refractivity contribution in [2.45, 2.75) is 13.0 Å². The number of aromatic amines is 1. The Hall–Kier alpha value is -2.40. The Morgan fingerprint density at radius 1 is 1.25 bits per heavy atom. The zero-order valence-corrected chi connectivity index (χ0v) is 11.1. The van der Waals surface area contributed by atoms with Crippen LogP contribution in [0.4, 0.5) is 0 Å². The number of aryl methyl sites for hydroxylation is 1. The quantitative estimate of drug-likeness (QED) is 0.780. The molecule has 2 rings (SSSR count). The van der Waals surface area contributed by atoms with Crippen LogP contribution in [0.2, 0.25) is 0 Å². The molecule has 0 saturated heterocycles. The van der Waals surface area contributed by atoms with Gasteiger partial charge < -0.3 is 15.4 Å². The summed E-state index contributed by atoms with van der Waals surface area (Å²) in [6.07, 6.45) is 0.581. The number of carbonyl (C=O) groups excluding carboxylic acids is 1. The Kier molecular flexibility index (Phi) is 4.32. The lowest BCUT2D eigenvalue weighted by atomic mass is 10.1. The molecule has 0 radical (unpaired) electrons. The van der Waals surface area contributed by atoms with E-state index in [-0.39, 0.29) is 18.0 Å². The molecule has 5 heteroatoms. The van der Waals surface area contributed by atoms with E-state index >= 15 is 0 Å². The molecule has 0 aliphatic rings. The number of aromatic nitrogens is 1. The van der Waals surface area contributed by atoms with Crippen molar-refractivity contribution in [1.29, 1.82) is 0 Å². The number of carbonyl (C=O) groups is 1. The monoisotopic (exact) mass is 272 g/mol. The normalized spacial score (nSPS) is 11.9. The number of H-pyrrole nitrogens is 1. The van der Waals surface area contributed by atoms with Crippen molar-refractivity contribution in [2.75, 3.05) is 6.54 Å². The van der Waals surface area contributed by atoms with Crippen molar-refractivity contribution < 1.29 is 9.90 Å². The zero-order valence-electron chi connectivity index (χ0n) is 11.1. The van der Waals surface area contributed by atoms with E-state index in [1.54, 1.807) is 0 Å². The van der Waals surface area contributed by atoms with Crippen LogP contribution in [0, 0.1) is 6.92 Å². The molecule has 0 bridgehead atoms. The Morgan fingerprint density at radius 2 is 1.95 bits per heavy atom. The molecule has 5 nitrogen and oxygen atoms in total. The molecule has 0 aliphatic carbocycles. The molecular weight excluding hydrogens is 256 g/mol. The first-order valence-electron chi connectivity index (χ1n) is 6.28. The average Bonchev–Trinajstić information content (AvgIpc) is 2.46. The first kappa shape index (κ1) is 14.0. The van der Waals surface area contributed by atoms with Gasteiger partial charge in [0.15, 0.2) is 0 Å². The Balaban J connectivity index is 1.94. The second-order valence-corrected chi connectivity index (χ2v) is 4.58. The van der Waals surface area contributed by atoms with Gasteiger partial charge in [0.05, 0.1) is 11.7 Å².